The van der Waals surface area contributed by atoms with E-state index in [2.05, 4.69) is 11.4 Å². The van der Waals surface area contributed by atoms with Crippen molar-refractivity contribution in [1.29, 1.82) is 0 Å². The van der Waals surface area contributed by atoms with Crippen molar-refractivity contribution in [2.45, 2.75) is 31.9 Å². The van der Waals surface area contributed by atoms with Crippen LogP contribution < -0.4 is 15.7 Å². The van der Waals surface area contributed by atoms with Crippen LogP contribution in [0.15, 0.2) is 27.4 Å². The average molecular weight is 219 g/mol. The summed E-state index contributed by atoms with van der Waals surface area (Å²) < 4.78 is 10.8. The first kappa shape index (κ1) is 9.51. The van der Waals surface area contributed by atoms with E-state index in [1.807, 2.05) is 6.08 Å². The molecule has 84 valence electrons. The maximum atomic E-state index is 11.6. The lowest BCUT2D eigenvalue weighted by atomic mass is 9.97. The quantitative estimate of drug-likeness (QED) is 0.676. The van der Waals surface area contributed by atoms with Crippen LogP contribution >= 0.6 is 0 Å². The molecule has 0 unspecified atom stereocenters. The predicted molar refractivity (Wildman–Crippen MR) is 59.9 cm³/mol. The Kier molecular flexibility index (Phi) is 2.02. The van der Waals surface area contributed by atoms with Gasteiger partial charge in [-0.1, -0.05) is 6.08 Å². The number of hydrogen-bond acceptors (Lipinski definition) is 4. The number of anilines is 1. The summed E-state index contributed by atoms with van der Waals surface area (Å²) in [5.74, 6) is 1.17. The van der Waals surface area contributed by atoms with Gasteiger partial charge in [0.05, 0.1) is 6.04 Å². The normalized spacial score (nSPS) is 26.3. The minimum Gasteiger partial charge on any atom is -0.482 e. The zero-order valence-corrected chi connectivity index (χ0v) is 9.03. The summed E-state index contributed by atoms with van der Waals surface area (Å²) in [5, 5.41) is 3.21. The van der Waals surface area contributed by atoms with Crippen LogP contribution in [0.2, 0.25) is 0 Å². The van der Waals surface area contributed by atoms with E-state index in [4.69, 9.17) is 9.15 Å². The molecule has 1 aromatic heterocycles. The summed E-state index contributed by atoms with van der Waals surface area (Å²) in [4.78, 5) is 11.6. The number of ether oxygens (including phenoxy) is 1. The molecule has 0 amide bonds. The molecule has 0 saturated carbocycles. The van der Waals surface area contributed by atoms with Crippen molar-refractivity contribution in [1.82, 2.24) is 0 Å². The maximum absolute atomic E-state index is 11.6. The number of nitrogens with one attached hydrogen (secondary N) is 1. The van der Waals surface area contributed by atoms with Crippen molar-refractivity contribution in [3.8, 4) is 5.75 Å². The Morgan fingerprint density at radius 3 is 3.25 bits per heavy atom. The number of allylic oxidation sites excluding steroid dienone is 1. The Balaban J connectivity index is 2.06. The van der Waals surface area contributed by atoms with Crippen LogP contribution in [0.3, 0.4) is 0 Å². The molecule has 1 aliphatic heterocycles. The largest absolute Gasteiger partial charge is 0.482 e. The lowest BCUT2D eigenvalue weighted by Gasteiger charge is -2.34. The van der Waals surface area contributed by atoms with Crippen molar-refractivity contribution in [3.05, 3.63) is 34.4 Å². The van der Waals surface area contributed by atoms with Crippen LogP contribution in [0.25, 0.3) is 0 Å². The van der Waals surface area contributed by atoms with E-state index in [-0.39, 0.29) is 17.8 Å². The minimum atomic E-state index is -0.344. The lowest BCUT2D eigenvalue weighted by molar-refractivity contribution is 0.199. The molecule has 0 radical (unpaired) electrons. The van der Waals surface area contributed by atoms with Gasteiger partial charge in [0.15, 0.2) is 11.4 Å². The highest BCUT2D eigenvalue weighted by atomic mass is 16.5. The summed E-state index contributed by atoms with van der Waals surface area (Å²) in [6, 6.07) is 1.94. The Bertz CT molecular complexity index is 503. The van der Waals surface area contributed by atoms with Gasteiger partial charge in [0.25, 0.3) is 0 Å². The highest BCUT2D eigenvalue weighted by Gasteiger charge is 2.31. The highest BCUT2D eigenvalue weighted by molar-refractivity contribution is 5.57. The maximum Gasteiger partial charge on any atom is 0.363 e. The second kappa shape index (κ2) is 3.40. The number of hydrogen-bond donors (Lipinski definition) is 1. The average Bonchev–Trinajstić information content (AvgIpc) is 2.27. The molecule has 0 aromatic carbocycles. The third-order valence-corrected chi connectivity index (χ3v) is 3.00. The summed E-state index contributed by atoms with van der Waals surface area (Å²) >= 11 is 0. The first-order chi connectivity index (χ1) is 7.74. The first-order valence-electron chi connectivity index (χ1n) is 5.48. The van der Waals surface area contributed by atoms with Crippen LogP contribution in [-0.4, -0.2) is 12.1 Å². The fourth-order valence-corrected chi connectivity index (χ4v) is 2.22. The summed E-state index contributed by atoms with van der Waals surface area (Å²) in [5.41, 5.74) is 0.116. The number of rotatable bonds is 0. The van der Waals surface area contributed by atoms with Gasteiger partial charge in [0.1, 0.15) is 11.9 Å². The van der Waals surface area contributed by atoms with E-state index in [0.717, 1.165) is 12.8 Å². The molecule has 16 heavy (non-hydrogen) atoms. The molecular weight excluding hydrogens is 206 g/mol. The van der Waals surface area contributed by atoms with Gasteiger partial charge in [0.2, 0.25) is 0 Å². The molecule has 1 N–H and O–H groups in total. The van der Waals surface area contributed by atoms with Crippen molar-refractivity contribution in [2.24, 2.45) is 0 Å². The molecule has 1 aliphatic carbocycles. The van der Waals surface area contributed by atoms with Gasteiger partial charge in [0, 0.05) is 6.07 Å². The monoisotopic (exact) mass is 219 g/mol. The van der Waals surface area contributed by atoms with Crippen molar-refractivity contribution >= 4 is 5.69 Å². The molecular formula is C12H13NO3. The third-order valence-electron chi connectivity index (χ3n) is 3.00. The van der Waals surface area contributed by atoms with Gasteiger partial charge in [-0.25, -0.2) is 4.79 Å². The van der Waals surface area contributed by atoms with E-state index in [0.29, 0.717) is 17.2 Å². The minimum absolute atomic E-state index is 0.0300. The van der Waals surface area contributed by atoms with Gasteiger partial charge in [-0.3, -0.25) is 0 Å². The molecule has 0 bridgehead atoms. The second-order valence-electron chi connectivity index (χ2n) is 4.22. The summed E-state index contributed by atoms with van der Waals surface area (Å²) in [6.45, 7) is 1.74. The van der Waals surface area contributed by atoms with Crippen molar-refractivity contribution in [3.63, 3.8) is 0 Å². The molecule has 1 aromatic rings. The standard InChI is InChI=1S/C12H13NO3/c1-7-6-10-11(12(14)15-7)13-8-4-2-3-5-9(8)16-10/h3,5-6,8-9,13H,2,4H2,1H3/t8-,9+/m0/s1. The van der Waals surface area contributed by atoms with Crippen molar-refractivity contribution < 1.29 is 9.15 Å². The SMILES string of the molecule is Cc1cc2c(c(=O)o1)N[C@H]1CCC=C[C@H]1O2. The van der Waals surface area contributed by atoms with Crippen LogP contribution in [0.1, 0.15) is 18.6 Å². The fraction of sp³-hybridized carbons (Fsp3) is 0.417. The highest BCUT2D eigenvalue weighted by Crippen LogP contribution is 2.32. The summed E-state index contributed by atoms with van der Waals surface area (Å²) in [6.07, 6.45) is 6.19. The molecule has 4 heteroatoms. The van der Waals surface area contributed by atoms with Gasteiger partial charge >= 0.3 is 5.63 Å². The second-order valence-corrected chi connectivity index (χ2v) is 4.22. The van der Waals surface area contributed by atoms with Crippen LogP contribution in [0.5, 0.6) is 5.75 Å². The van der Waals surface area contributed by atoms with Gasteiger partial charge < -0.3 is 14.5 Å². The number of aryl methyl sites for hydroxylation is 1. The molecule has 4 nitrogen and oxygen atoms in total. The molecule has 2 atom stereocenters. The lowest BCUT2D eigenvalue weighted by Crippen LogP contribution is -2.43. The third kappa shape index (κ3) is 1.41. The van der Waals surface area contributed by atoms with Crippen LogP contribution in [0.4, 0.5) is 5.69 Å². The number of fused-ring (bicyclic) bond motifs is 2. The molecule has 0 saturated heterocycles. The van der Waals surface area contributed by atoms with E-state index in [1.54, 1.807) is 13.0 Å². The molecule has 2 aliphatic rings. The Labute approximate surface area is 92.9 Å². The Hall–Kier alpha value is -1.71. The Morgan fingerprint density at radius 1 is 1.50 bits per heavy atom. The molecule has 3 rings (SSSR count). The topological polar surface area (TPSA) is 51.5 Å². The first-order valence-corrected chi connectivity index (χ1v) is 5.48. The Morgan fingerprint density at radius 2 is 2.38 bits per heavy atom. The fourth-order valence-electron chi connectivity index (χ4n) is 2.22. The van der Waals surface area contributed by atoms with E-state index >= 15 is 0 Å². The van der Waals surface area contributed by atoms with E-state index in [9.17, 15) is 4.79 Å². The van der Waals surface area contributed by atoms with Crippen LogP contribution in [0, 0.1) is 6.92 Å². The van der Waals surface area contributed by atoms with Gasteiger partial charge in [-0.05, 0) is 25.8 Å². The zero-order valence-electron chi connectivity index (χ0n) is 9.03. The zero-order chi connectivity index (χ0) is 11.1. The van der Waals surface area contributed by atoms with E-state index in [1.165, 1.54) is 0 Å². The predicted octanol–water partition coefficient (Wildman–Crippen LogP) is 1.84. The summed E-state index contributed by atoms with van der Waals surface area (Å²) in [7, 11) is 0. The smallest absolute Gasteiger partial charge is 0.363 e. The van der Waals surface area contributed by atoms with E-state index < -0.39 is 0 Å². The molecule has 0 fully saturated rings. The molecule has 2 heterocycles. The van der Waals surface area contributed by atoms with Crippen LogP contribution in [-0.2, 0) is 0 Å². The van der Waals surface area contributed by atoms with Crippen molar-refractivity contribution in [2.75, 3.05) is 5.32 Å². The van der Waals surface area contributed by atoms with Gasteiger partial charge in [-0.2, -0.15) is 0 Å². The molecule has 0 spiro atoms. The van der Waals surface area contributed by atoms with Gasteiger partial charge in [-0.15, -0.1) is 0 Å².